The lowest BCUT2D eigenvalue weighted by Crippen LogP contribution is -2.10. The van der Waals surface area contributed by atoms with Gasteiger partial charge in [0.2, 0.25) is 0 Å². The molecule has 2 heterocycles. The molecule has 20 heavy (non-hydrogen) atoms. The smallest absolute Gasteiger partial charge is 0.265 e. The average molecular weight is 307 g/mol. The summed E-state index contributed by atoms with van der Waals surface area (Å²) in [5.41, 5.74) is 0.447. The molecule has 0 aliphatic carbocycles. The van der Waals surface area contributed by atoms with E-state index in [4.69, 9.17) is 11.6 Å². The Labute approximate surface area is 123 Å². The molecule has 0 fully saturated rings. The van der Waals surface area contributed by atoms with Crippen molar-refractivity contribution < 1.29 is 9.18 Å². The van der Waals surface area contributed by atoms with Gasteiger partial charge in [-0.2, -0.15) is 0 Å². The van der Waals surface area contributed by atoms with E-state index in [-0.39, 0.29) is 11.7 Å². The zero-order chi connectivity index (χ0) is 14.1. The number of benzene rings is 1. The molecule has 0 saturated heterocycles. The topological polar surface area (TPSA) is 42.0 Å². The molecular weight excluding hydrogens is 299 g/mol. The minimum Gasteiger partial charge on any atom is -0.319 e. The molecule has 6 heteroatoms. The SMILES string of the molecule is O=C(Nc1cnccc1Cl)c1cc2ccc(F)cc2s1. The minimum absolute atomic E-state index is 0.290. The number of hydrogen-bond acceptors (Lipinski definition) is 3. The monoisotopic (exact) mass is 306 g/mol. The molecule has 1 N–H and O–H groups in total. The number of fused-ring (bicyclic) bond motifs is 1. The van der Waals surface area contributed by atoms with Gasteiger partial charge >= 0.3 is 0 Å². The van der Waals surface area contributed by atoms with Crippen molar-refractivity contribution >= 4 is 44.6 Å². The summed E-state index contributed by atoms with van der Waals surface area (Å²) in [4.78, 5) is 16.5. The number of carbonyl (C=O) groups excluding carboxylic acids is 1. The van der Waals surface area contributed by atoms with Gasteiger partial charge in [0, 0.05) is 10.9 Å². The highest BCUT2D eigenvalue weighted by Gasteiger charge is 2.12. The molecule has 1 aromatic carbocycles. The number of nitrogens with zero attached hydrogens (tertiary/aromatic N) is 1. The number of anilines is 1. The summed E-state index contributed by atoms with van der Waals surface area (Å²) in [6.07, 6.45) is 3.02. The molecule has 2 aromatic heterocycles. The molecule has 0 aliphatic rings. The number of nitrogens with one attached hydrogen (secondary N) is 1. The van der Waals surface area contributed by atoms with E-state index >= 15 is 0 Å². The number of thiophene rings is 1. The molecule has 0 spiro atoms. The van der Waals surface area contributed by atoms with Crippen molar-refractivity contribution in [3.63, 3.8) is 0 Å². The second-order valence-corrected chi connectivity index (χ2v) is 5.59. The lowest BCUT2D eigenvalue weighted by molar-refractivity contribution is 0.103. The third-order valence-corrected chi connectivity index (χ3v) is 4.15. The van der Waals surface area contributed by atoms with Crippen molar-refractivity contribution in [3.05, 3.63) is 58.4 Å². The van der Waals surface area contributed by atoms with Crippen LogP contribution in [0, 0.1) is 5.82 Å². The van der Waals surface area contributed by atoms with E-state index in [1.165, 1.54) is 29.7 Å². The Bertz CT molecular complexity index is 803. The van der Waals surface area contributed by atoms with Gasteiger partial charge in [0.05, 0.1) is 21.8 Å². The van der Waals surface area contributed by atoms with E-state index in [2.05, 4.69) is 10.3 Å². The first kappa shape index (κ1) is 13.0. The molecule has 0 aliphatic heterocycles. The predicted molar refractivity (Wildman–Crippen MR) is 79.0 cm³/mol. The number of carbonyl (C=O) groups is 1. The van der Waals surface area contributed by atoms with Crippen LogP contribution in [0.3, 0.4) is 0 Å². The van der Waals surface area contributed by atoms with Gasteiger partial charge in [0.1, 0.15) is 5.82 Å². The summed E-state index contributed by atoms with van der Waals surface area (Å²) in [5.74, 6) is -0.608. The van der Waals surface area contributed by atoms with E-state index in [0.717, 1.165) is 10.1 Å². The van der Waals surface area contributed by atoms with Crippen molar-refractivity contribution in [2.45, 2.75) is 0 Å². The first-order valence-corrected chi connectivity index (χ1v) is 6.93. The molecule has 0 radical (unpaired) electrons. The number of rotatable bonds is 2. The molecule has 0 atom stereocenters. The van der Waals surface area contributed by atoms with Gasteiger partial charge in [-0.05, 0) is 29.7 Å². The average Bonchev–Trinajstić information content (AvgIpc) is 2.84. The molecule has 0 bridgehead atoms. The summed E-state index contributed by atoms with van der Waals surface area (Å²) in [5, 5.41) is 3.93. The number of pyridine rings is 1. The fraction of sp³-hybridized carbons (Fsp3) is 0. The molecule has 0 saturated carbocycles. The van der Waals surface area contributed by atoms with E-state index in [9.17, 15) is 9.18 Å². The fourth-order valence-corrected chi connectivity index (χ4v) is 2.91. The fourth-order valence-electron chi connectivity index (χ4n) is 1.77. The Morgan fingerprint density at radius 1 is 1.30 bits per heavy atom. The quantitative estimate of drug-likeness (QED) is 0.765. The van der Waals surface area contributed by atoms with Crippen LogP contribution in [0.4, 0.5) is 10.1 Å². The first-order valence-electron chi connectivity index (χ1n) is 5.73. The van der Waals surface area contributed by atoms with Crippen molar-refractivity contribution in [3.8, 4) is 0 Å². The van der Waals surface area contributed by atoms with Crippen LogP contribution in [0.1, 0.15) is 9.67 Å². The lowest BCUT2D eigenvalue weighted by atomic mass is 10.2. The predicted octanol–water partition coefficient (Wildman–Crippen LogP) is 4.34. The molecule has 3 nitrogen and oxygen atoms in total. The van der Waals surface area contributed by atoms with Gasteiger partial charge in [-0.25, -0.2) is 4.39 Å². The highest BCUT2D eigenvalue weighted by molar-refractivity contribution is 7.20. The van der Waals surface area contributed by atoms with Crippen LogP contribution in [-0.4, -0.2) is 10.9 Å². The van der Waals surface area contributed by atoms with Gasteiger partial charge < -0.3 is 5.32 Å². The van der Waals surface area contributed by atoms with Gasteiger partial charge in [0.25, 0.3) is 5.91 Å². The maximum absolute atomic E-state index is 13.1. The largest absolute Gasteiger partial charge is 0.319 e. The van der Waals surface area contributed by atoms with Gasteiger partial charge in [-0.1, -0.05) is 17.7 Å². The second kappa shape index (κ2) is 5.19. The van der Waals surface area contributed by atoms with Crippen molar-refractivity contribution in [1.29, 1.82) is 0 Å². The Morgan fingerprint density at radius 2 is 2.15 bits per heavy atom. The normalized spacial score (nSPS) is 10.7. The Kier molecular flexibility index (Phi) is 3.38. The standard InChI is InChI=1S/C14H8ClFN2OS/c15-10-3-4-17-7-11(10)18-14(19)13-5-8-1-2-9(16)6-12(8)20-13/h1-7H,(H,18,19). The van der Waals surface area contributed by atoms with Crippen molar-refractivity contribution in [2.75, 3.05) is 5.32 Å². The lowest BCUT2D eigenvalue weighted by Gasteiger charge is -2.04. The van der Waals surface area contributed by atoms with E-state index in [0.29, 0.717) is 15.6 Å². The second-order valence-electron chi connectivity index (χ2n) is 4.10. The summed E-state index contributed by atoms with van der Waals surface area (Å²) >= 11 is 7.18. The van der Waals surface area contributed by atoms with Crippen LogP contribution in [0.25, 0.3) is 10.1 Å². The van der Waals surface area contributed by atoms with Crippen LogP contribution < -0.4 is 5.32 Å². The first-order chi connectivity index (χ1) is 9.63. The molecule has 0 unspecified atom stereocenters. The van der Waals surface area contributed by atoms with Crippen molar-refractivity contribution in [2.24, 2.45) is 0 Å². The number of aromatic nitrogens is 1. The highest BCUT2D eigenvalue weighted by atomic mass is 35.5. The molecular formula is C14H8ClFN2OS. The highest BCUT2D eigenvalue weighted by Crippen LogP contribution is 2.28. The van der Waals surface area contributed by atoms with Gasteiger partial charge in [-0.3, -0.25) is 9.78 Å². The Hall–Kier alpha value is -1.98. The van der Waals surface area contributed by atoms with Crippen LogP contribution in [0.5, 0.6) is 0 Å². The molecule has 3 aromatic rings. The van der Waals surface area contributed by atoms with Crippen LogP contribution >= 0.6 is 22.9 Å². The third kappa shape index (κ3) is 2.50. The zero-order valence-corrected chi connectivity index (χ0v) is 11.6. The van der Waals surface area contributed by atoms with E-state index < -0.39 is 0 Å². The Morgan fingerprint density at radius 3 is 2.95 bits per heavy atom. The van der Waals surface area contributed by atoms with Crippen LogP contribution in [0.15, 0.2) is 42.7 Å². The number of halogens is 2. The summed E-state index contributed by atoms with van der Waals surface area (Å²) < 4.78 is 13.9. The van der Waals surface area contributed by atoms with E-state index in [1.54, 1.807) is 24.4 Å². The Balaban J connectivity index is 1.91. The third-order valence-electron chi connectivity index (χ3n) is 2.72. The van der Waals surface area contributed by atoms with Crippen LogP contribution in [-0.2, 0) is 0 Å². The maximum atomic E-state index is 13.1. The van der Waals surface area contributed by atoms with Crippen molar-refractivity contribution in [1.82, 2.24) is 4.98 Å². The number of hydrogen-bond donors (Lipinski definition) is 1. The summed E-state index contributed by atoms with van der Waals surface area (Å²) in [7, 11) is 0. The summed E-state index contributed by atoms with van der Waals surface area (Å²) in [6, 6.07) is 7.74. The van der Waals surface area contributed by atoms with Gasteiger partial charge in [-0.15, -0.1) is 11.3 Å². The molecule has 3 rings (SSSR count). The number of amides is 1. The van der Waals surface area contributed by atoms with E-state index in [1.807, 2.05) is 0 Å². The van der Waals surface area contributed by atoms with Crippen LogP contribution in [0.2, 0.25) is 5.02 Å². The van der Waals surface area contributed by atoms with Gasteiger partial charge in [0.15, 0.2) is 0 Å². The minimum atomic E-state index is -0.318. The zero-order valence-electron chi connectivity index (χ0n) is 10.1. The molecule has 1 amide bonds. The summed E-state index contributed by atoms with van der Waals surface area (Å²) in [6.45, 7) is 0. The molecule has 100 valence electrons. The maximum Gasteiger partial charge on any atom is 0.265 e.